The van der Waals surface area contributed by atoms with Crippen molar-refractivity contribution < 1.29 is 23.8 Å². The molecule has 2 aliphatic rings. The molecular weight excluding hydrogens is 476 g/mol. The van der Waals surface area contributed by atoms with Gasteiger partial charge in [0.15, 0.2) is 5.78 Å². The van der Waals surface area contributed by atoms with E-state index in [9.17, 15) is 9.59 Å². The first-order valence-corrected chi connectivity index (χ1v) is 12.7. The predicted octanol–water partition coefficient (Wildman–Crippen LogP) is 4.72. The van der Waals surface area contributed by atoms with E-state index in [-0.39, 0.29) is 18.1 Å². The highest BCUT2D eigenvalue weighted by molar-refractivity contribution is 8.03. The fourth-order valence-electron chi connectivity index (χ4n) is 4.06. The zero-order chi connectivity index (χ0) is 24.8. The van der Waals surface area contributed by atoms with Crippen molar-refractivity contribution in [2.75, 3.05) is 40.5 Å². The van der Waals surface area contributed by atoms with Crippen LogP contribution in [-0.4, -0.2) is 68.1 Å². The van der Waals surface area contributed by atoms with Gasteiger partial charge in [0.2, 0.25) is 5.91 Å². The Morgan fingerprint density at radius 1 is 1.26 bits per heavy atom. The van der Waals surface area contributed by atoms with E-state index in [1.54, 1.807) is 25.2 Å². The molecule has 0 bridgehead atoms. The maximum absolute atomic E-state index is 12.7. The van der Waals surface area contributed by atoms with E-state index >= 15 is 0 Å². The van der Waals surface area contributed by atoms with Crippen molar-refractivity contribution in [3.63, 3.8) is 0 Å². The van der Waals surface area contributed by atoms with Crippen molar-refractivity contribution in [2.24, 2.45) is 0 Å². The fraction of sp³-hybridized carbons (Fsp3) is 0.520. The van der Waals surface area contributed by atoms with Crippen molar-refractivity contribution >= 4 is 35.1 Å². The number of halogens is 1. The molecule has 7 nitrogen and oxygen atoms in total. The summed E-state index contributed by atoms with van der Waals surface area (Å²) in [5.74, 6) is 0.964. The van der Waals surface area contributed by atoms with E-state index in [0.29, 0.717) is 46.4 Å². The molecule has 1 amide bonds. The Morgan fingerprint density at radius 3 is 2.68 bits per heavy atom. The molecule has 1 aliphatic carbocycles. The second-order valence-electron chi connectivity index (χ2n) is 8.49. The van der Waals surface area contributed by atoms with Crippen LogP contribution in [0.1, 0.15) is 44.6 Å². The molecule has 1 unspecified atom stereocenters. The van der Waals surface area contributed by atoms with Gasteiger partial charge in [-0.05, 0) is 44.5 Å². The van der Waals surface area contributed by atoms with Crippen LogP contribution in [0.2, 0.25) is 0 Å². The van der Waals surface area contributed by atoms with Gasteiger partial charge in [-0.2, -0.15) is 0 Å². The lowest BCUT2D eigenvalue weighted by Crippen LogP contribution is -2.35. The molecule has 0 saturated carbocycles. The predicted molar refractivity (Wildman–Crippen MR) is 135 cm³/mol. The average Bonchev–Trinajstić information content (AvgIpc) is 3.18. The summed E-state index contributed by atoms with van der Waals surface area (Å²) in [6, 6.07) is 5.99. The third kappa shape index (κ3) is 6.16. The summed E-state index contributed by atoms with van der Waals surface area (Å²) in [7, 11) is 3.31. The van der Waals surface area contributed by atoms with E-state index in [2.05, 4.69) is 18.7 Å². The molecule has 1 aromatic rings. The fourth-order valence-corrected chi connectivity index (χ4v) is 5.80. The van der Waals surface area contributed by atoms with Crippen LogP contribution in [0.4, 0.5) is 0 Å². The number of ether oxygens (including phenoxy) is 3. The van der Waals surface area contributed by atoms with Gasteiger partial charge in [-0.1, -0.05) is 23.4 Å². The summed E-state index contributed by atoms with van der Waals surface area (Å²) in [6.07, 6.45) is 2.72. The Hall–Kier alpha value is -2.00. The molecule has 1 atom stereocenters. The summed E-state index contributed by atoms with van der Waals surface area (Å²) >= 11 is 7.60. The van der Waals surface area contributed by atoms with E-state index in [1.807, 2.05) is 18.2 Å². The van der Waals surface area contributed by atoms with Crippen LogP contribution in [-0.2, 0) is 14.3 Å². The number of benzene rings is 1. The molecule has 34 heavy (non-hydrogen) atoms. The molecule has 0 saturated heterocycles. The Labute approximate surface area is 211 Å². The van der Waals surface area contributed by atoms with Crippen LogP contribution in [0.3, 0.4) is 0 Å². The molecule has 0 fully saturated rings. The minimum Gasteiger partial charge on any atom is -0.497 e. The minimum atomic E-state index is -0.441. The van der Waals surface area contributed by atoms with E-state index in [0.717, 1.165) is 25.1 Å². The monoisotopic (exact) mass is 508 g/mol. The number of nitrogens with zero attached hydrogens (tertiary/aromatic N) is 2. The average molecular weight is 509 g/mol. The number of Topliss-reactive ketones (excluding diaryl/α,β-unsaturated/α-hetero) is 1. The van der Waals surface area contributed by atoms with Gasteiger partial charge in [-0.25, -0.2) is 0 Å². The van der Waals surface area contributed by atoms with Crippen LogP contribution in [0.15, 0.2) is 39.9 Å². The lowest BCUT2D eigenvalue weighted by Gasteiger charge is -2.28. The van der Waals surface area contributed by atoms with Crippen LogP contribution >= 0.6 is 23.4 Å². The second-order valence-corrected chi connectivity index (χ2v) is 10.1. The first-order chi connectivity index (χ1) is 16.3. The van der Waals surface area contributed by atoms with Crippen LogP contribution in [0, 0.1) is 0 Å². The lowest BCUT2D eigenvalue weighted by molar-refractivity contribution is -0.130. The number of carbonyl (C=O) groups is 2. The number of carbonyl (C=O) groups excluding carboxylic acids is 2. The number of rotatable bonds is 11. The Kier molecular flexibility index (Phi) is 9.47. The van der Waals surface area contributed by atoms with Gasteiger partial charge in [0, 0.05) is 55.1 Å². The first-order valence-electron chi connectivity index (χ1n) is 11.4. The van der Waals surface area contributed by atoms with Crippen molar-refractivity contribution in [2.45, 2.75) is 45.0 Å². The van der Waals surface area contributed by atoms with Crippen LogP contribution < -0.4 is 9.47 Å². The standard InChI is InChI=1S/C25H33ClN2O5S/c1-16(2)27(10-12-31-4)9-6-11-33-22-8-7-19(32-5)15-20(22)25-28(17(3)29)24-21(30)13-18(26)14-23(24)34-25/h7-8,14-16,25H,6,9-13H2,1-5H3. The number of hydrogen-bond acceptors (Lipinski definition) is 7. The Bertz CT molecular complexity index is 978. The molecule has 186 valence electrons. The minimum absolute atomic E-state index is 0.105. The third-order valence-corrected chi connectivity index (χ3v) is 7.31. The Morgan fingerprint density at radius 2 is 2.03 bits per heavy atom. The van der Waals surface area contributed by atoms with Gasteiger partial charge in [0.25, 0.3) is 0 Å². The number of hydrogen-bond donors (Lipinski definition) is 0. The lowest BCUT2D eigenvalue weighted by atomic mass is 10.1. The van der Waals surface area contributed by atoms with Gasteiger partial charge >= 0.3 is 0 Å². The summed E-state index contributed by atoms with van der Waals surface area (Å²) < 4.78 is 16.9. The highest BCUT2D eigenvalue weighted by atomic mass is 35.5. The first kappa shape index (κ1) is 26.6. The van der Waals surface area contributed by atoms with Crippen LogP contribution in [0.25, 0.3) is 0 Å². The molecule has 1 aromatic carbocycles. The quantitative estimate of drug-likeness (QED) is 0.400. The highest BCUT2D eigenvalue weighted by Gasteiger charge is 2.41. The smallest absolute Gasteiger partial charge is 0.225 e. The second kappa shape index (κ2) is 12.1. The van der Waals surface area contributed by atoms with E-state index < -0.39 is 5.37 Å². The summed E-state index contributed by atoms with van der Waals surface area (Å²) in [5, 5.41) is 0.0370. The number of amides is 1. The van der Waals surface area contributed by atoms with Crippen molar-refractivity contribution in [3.8, 4) is 11.5 Å². The zero-order valence-corrected chi connectivity index (χ0v) is 22.0. The largest absolute Gasteiger partial charge is 0.497 e. The zero-order valence-electron chi connectivity index (χ0n) is 20.4. The van der Waals surface area contributed by atoms with Crippen molar-refractivity contribution in [1.29, 1.82) is 0 Å². The highest BCUT2D eigenvalue weighted by Crippen LogP contribution is 2.53. The van der Waals surface area contributed by atoms with E-state index in [4.69, 9.17) is 25.8 Å². The summed E-state index contributed by atoms with van der Waals surface area (Å²) in [4.78, 5) is 30.0. The van der Waals surface area contributed by atoms with Gasteiger partial charge in [-0.3, -0.25) is 19.4 Å². The number of methoxy groups -OCH3 is 2. The van der Waals surface area contributed by atoms with E-state index in [1.165, 1.54) is 18.7 Å². The third-order valence-electron chi connectivity index (χ3n) is 5.81. The molecule has 0 aromatic heterocycles. The van der Waals surface area contributed by atoms with Crippen molar-refractivity contribution in [3.05, 3.63) is 45.5 Å². The molecule has 0 N–H and O–H groups in total. The number of allylic oxidation sites excluding steroid dienone is 3. The number of ketones is 1. The maximum Gasteiger partial charge on any atom is 0.225 e. The molecular formula is C25H33ClN2O5S. The molecule has 0 radical (unpaired) electrons. The topological polar surface area (TPSA) is 68.3 Å². The molecule has 0 spiro atoms. The molecule has 3 rings (SSSR count). The van der Waals surface area contributed by atoms with Gasteiger partial charge < -0.3 is 14.2 Å². The number of thioether (sulfide) groups is 1. The van der Waals surface area contributed by atoms with Crippen molar-refractivity contribution in [1.82, 2.24) is 9.80 Å². The molecule has 9 heteroatoms. The van der Waals surface area contributed by atoms with Gasteiger partial charge in [0.1, 0.15) is 22.6 Å². The summed E-state index contributed by atoms with van der Waals surface area (Å²) in [6.45, 7) is 8.78. The molecule has 1 aliphatic heterocycles. The van der Waals surface area contributed by atoms with Gasteiger partial charge in [-0.15, -0.1) is 0 Å². The SMILES string of the molecule is COCCN(CCCOc1ccc(OC)cc1C1SC2=C(C(=O)CC(Cl)=C2)N1C(C)=O)C(C)C. The Balaban J connectivity index is 1.79. The molecule has 1 heterocycles. The maximum atomic E-state index is 12.7. The van der Waals surface area contributed by atoms with Gasteiger partial charge in [0.05, 0.1) is 20.3 Å². The van der Waals surface area contributed by atoms with Crippen LogP contribution in [0.5, 0.6) is 11.5 Å². The summed E-state index contributed by atoms with van der Waals surface area (Å²) in [5.41, 5.74) is 1.19. The normalized spacial score (nSPS) is 18.0.